The average Bonchev–Trinajstić information content (AvgIpc) is 2.78. The maximum atomic E-state index is 11.6. The molecule has 1 N–H and O–H groups in total. The molecule has 0 atom stereocenters. The van der Waals surface area contributed by atoms with E-state index < -0.39 is 5.97 Å². The van der Waals surface area contributed by atoms with E-state index in [0.717, 1.165) is 0 Å². The van der Waals surface area contributed by atoms with Crippen molar-refractivity contribution in [3.05, 3.63) is 30.2 Å². The molecule has 1 amide bonds. The molecule has 1 heterocycles. The predicted octanol–water partition coefficient (Wildman–Crippen LogP) is 1.62. The van der Waals surface area contributed by atoms with Gasteiger partial charge in [0.15, 0.2) is 0 Å². The van der Waals surface area contributed by atoms with Crippen LogP contribution in [-0.4, -0.2) is 35.5 Å². The lowest BCUT2D eigenvalue weighted by Crippen LogP contribution is -2.26. The van der Waals surface area contributed by atoms with E-state index in [0.29, 0.717) is 18.7 Å². The van der Waals surface area contributed by atoms with Crippen LogP contribution in [0, 0.1) is 0 Å². The Morgan fingerprint density at radius 2 is 2.29 bits per heavy atom. The van der Waals surface area contributed by atoms with Crippen LogP contribution in [0.5, 0.6) is 0 Å². The highest BCUT2D eigenvalue weighted by atomic mass is 16.4. The number of carboxylic acid groups (broad SMARTS) is 1. The first-order valence-corrected chi connectivity index (χ1v) is 5.28. The summed E-state index contributed by atoms with van der Waals surface area (Å²) in [6.07, 6.45) is 5.03. The Morgan fingerprint density at radius 3 is 2.88 bits per heavy atom. The van der Waals surface area contributed by atoms with E-state index in [1.165, 1.54) is 17.2 Å². The first kappa shape index (κ1) is 13.0. The molecule has 0 radical (unpaired) electrons. The lowest BCUT2D eigenvalue weighted by Gasteiger charge is -2.13. The minimum absolute atomic E-state index is 0.0690. The molecular weight excluding hydrogens is 222 g/mol. The number of amides is 1. The molecule has 0 unspecified atom stereocenters. The van der Waals surface area contributed by atoms with E-state index in [4.69, 9.17) is 9.52 Å². The van der Waals surface area contributed by atoms with Gasteiger partial charge in [-0.3, -0.25) is 9.59 Å². The smallest absolute Gasteiger partial charge is 0.303 e. The predicted molar refractivity (Wildman–Crippen MR) is 62.2 cm³/mol. The first-order chi connectivity index (χ1) is 8.09. The van der Waals surface area contributed by atoms with Crippen molar-refractivity contribution in [3.63, 3.8) is 0 Å². The van der Waals surface area contributed by atoms with Gasteiger partial charge in [-0.05, 0) is 24.6 Å². The van der Waals surface area contributed by atoms with Crippen molar-refractivity contribution in [1.82, 2.24) is 4.90 Å². The van der Waals surface area contributed by atoms with Gasteiger partial charge in [-0.2, -0.15) is 0 Å². The third-order valence-electron chi connectivity index (χ3n) is 2.19. The molecule has 92 valence electrons. The van der Waals surface area contributed by atoms with E-state index in [9.17, 15) is 9.59 Å². The zero-order chi connectivity index (χ0) is 12.7. The summed E-state index contributed by atoms with van der Waals surface area (Å²) in [5, 5.41) is 8.46. The molecule has 1 aromatic heterocycles. The molecule has 0 saturated heterocycles. The fraction of sp³-hybridized carbons (Fsp3) is 0.333. The second-order valence-electron chi connectivity index (χ2n) is 3.61. The SMILES string of the molecule is CN(CCCC(=O)O)C(=O)/C=C/c1ccco1. The number of carboxylic acids is 1. The zero-order valence-electron chi connectivity index (χ0n) is 9.63. The molecule has 0 fully saturated rings. The molecule has 5 heteroatoms. The Kier molecular flexibility index (Phi) is 5.00. The molecule has 5 nitrogen and oxygen atoms in total. The molecular formula is C12H15NO4. The minimum Gasteiger partial charge on any atom is -0.481 e. The number of rotatable bonds is 6. The van der Waals surface area contributed by atoms with Crippen LogP contribution >= 0.6 is 0 Å². The molecule has 1 aromatic rings. The van der Waals surface area contributed by atoms with E-state index >= 15 is 0 Å². The Bertz CT molecular complexity index is 395. The summed E-state index contributed by atoms with van der Waals surface area (Å²) in [7, 11) is 1.64. The van der Waals surface area contributed by atoms with Crippen LogP contribution in [-0.2, 0) is 9.59 Å². The van der Waals surface area contributed by atoms with E-state index in [1.54, 1.807) is 25.3 Å². The van der Waals surface area contributed by atoms with Gasteiger partial charge >= 0.3 is 5.97 Å². The van der Waals surface area contributed by atoms with Crippen LogP contribution in [0.1, 0.15) is 18.6 Å². The molecule has 0 saturated carbocycles. The molecule has 0 aliphatic carbocycles. The summed E-state index contributed by atoms with van der Waals surface area (Å²) in [6.45, 7) is 0.424. The van der Waals surface area contributed by atoms with Gasteiger partial charge in [0.05, 0.1) is 6.26 Å². The van der Waals surface area contributed by atoms with E-state index in [1.807, 2.05) is 0 Å². The van der Waals surface area contributed by atoms with Crippen LogP contribution < -0.4 is 0 Å². The minimum atomic E-state index is -0.850. The highest BCUT2D eigenvalue weighted by molar-refractivity contribution is 5.91. The Balaban J connectivity index is 2.34. The molecule has 0 bridgehead atoms. The normalized spacial score (nSPS) is 10.6. The summed E-state index contributed by atoms with van der Waals surface area (Å²) < 4.78 is 5.04. The number of likely N-dealkylation sites (N-methyl/N-ethyl adjacent to an activating group) is 1. The van der Waals surface area contributed by atoms with Crippen molar-refractivity contribution < 1.29 is 19.1 Å². The van der Waals surface area contributed by atoms with Crippen molar-refractivity contribution in [2.45, 2.75) is 12.8 Å². The number of hydrogen-bond acceptors (Lipinski definition) is 3. The second-order valence-corrected chi connectivity index (χ2v) is 3.61. The second kappa shape index (κ2) is 6.52. The fourth-order valence-electron chi connectivity index (χ4n) is 1.24. The topological polar surface area (TPSA) is 70.8 Å². The summed E-state index contributed by atoms with van der Waals surface area (Å²) in [5.74, 6) is -0.416. The summed E-state index contributed by atoms with van der Waals surface area (Å²) >= 11 is 0. The van der Waals surface area contributed by atoms with Gasteiger partial charge in [-0.25, -0.2) is 0 Å². The standard InChI is InChI=1S/C12H15NO4/c1-13(8-2-5-12(15)16)11(14)7-6-10-4-3-9-17-10/h3-4,6-7,9H,2,5,8H2,1H3,(H,15,16)/b7-6+. The molecule has 0 spiro atoms. The van der Waals surface area contributed by atoms with Crippen molar-refractivity contribution in [3.8, 4) is 0 Å². The van der Waals surface area contributed by atoms with Crippen molar-refractivity contribution in [2.24, 2.45) is 0 Å². The first-order valence-electron chi connectivity index (χ1n) is 5.28. The highest BCUT2D eigenvalue weighted by Crippen LogP contribution is 2.03. The van der Waals surface area contributed by atoms with Crippen LogP contribution in [0.2, 0.25) is 0 Å². The van der Waals surface area contributed by atoms with Crippen LogP contribution in [0.15, 0.2) is 28.9 Å². The quantitative estimate of drug-likeness (QED) is 0.763. The van der Waals surface area contributed by atoms with Gasteiger partial charge < -0.3 is 14.4 Å². The van der Waals surface area contributed by atoms with Crippen molar-refractivity contribution in [1.29, 1.82) is 0 Å². The molecule has 0 aliphatic heterocycles. The fourth-order valence-corrected chi connectivity index (χ4v) is 1.24. The maximum absolute atomic E-state index is 11.6. The lowest BCUT2D eigenvalue weighted by molar-refractivity contribution is -0.137. The summed E-state index contributed by atoms with van der Waals surface area (Å²) in [4.78, 5) is 23.3. The molecule has 17 heavy (non-hydrogen) atoms. The van der Waals surface area contributed by atoms with Crippen molar-refractivity contribution >= 4 is 18.0 Å². The number of furan rings is 1. The van der Waals surface area contributed by atoms with Crippen LogP contribution in [0.4, 0.5) is 0 Å². The van der Waals surface area contributed by atoms with Gasteiger partial charge in [-0.1, -0.05) is 0 Å². The van der Waals surface area contributed by atoms with Gasteiger partial charge in [0, 0.05) is 26.1 Å². The Morgan fingerprint density at radius 1 is 1.53 bits per heavy atom. The third kappa shape index (κ3) is 5.01. The zero-order valence-corrected chi connectivity index (χ0v) is 9.63. The number of carbonyl (C=O) groups excluding carboxylic acids is 1. The summed E-state index contributed by atoms with van der Waals surface area (Å²) in [5.41, 5.74) is 0. The number of aliphatic carboxylic acids is 1. The molecule has 0 aromatic carbocycles. The summed E-state index contributed by atoms with van der Waals surface area (Å²) in [6, 6.07) is 3.48. The average molecular weight is 237 g/mol. The number of carbonyl (C=O) groups is 2. The van der Waals surface area contributed by atoms with Gasteiger partial charge in [0.25, 0.3) is 0 Å². The van der Waals surface area contributed by atoms with E-state index in [2.05, 4.69) is 0 Å². The Labute approximate surface area is 99.3 Å². The van der Waals surface area contributed by atoms with Gasteiger partial charge in [-0.15, -0.1) is 0 Å². The molecule has 0 aliphatic rings. The highest BCUT2D eigenvalue weighted by Gasteiger charge is 2.05. The van der Waals surface area contributed by atoms with Crippen LogP contribution in [0.25, 0.3) is 6.08 Å². The third-order valence-corrected chi connectivity index (χ3v) is 2.19. The number of nitrogens with zero attached hydrogens (tertiary/aromatic N) is 1. The van der Waals surface area contributed by atoms with Crippen molar-refractivity contribution in [2.75, 3.05) is 13.6 Å². The monoisotopic (exact) mass is 237 g/mol. The lowest BCUT2D eigenvalue weighted by atomic mass is 10.3. The largest absolute Gasteiger partial charge is 0.481 e. The van der Waals surface area contributed by atoms with Gasteiger partial charge in [0.1, 0.15) is 5.76 Å². The number of hydrogen-bond donors (Lipinski definition) is 1. The maximum Gasteiger partial charge on any atom is 0.303 e. The Hall–Kier alpha value is -2.04. The molecule has 1 rings (SSSR count). The van der Waals surface area contributed by atoms with Gasteiger partial charge in [0.2, 0.25) is 5.91 Å². The van der Waals surface area contributed by atoms with E-state index in [-0.39, 0.29) is 12.3 Å². The van der Waals surface area contributed by atoms with Crippen LogP contribution in [0.3, 0.4) is 0 Å².